The van der Waals surface area contributed by atoms with Crippen LogP contribution in [0.15, 0.2) is 12.1 Å². The van der Waals surface area contributed by atoms with E-state index in [0.29, 0.717) is 35.6 Å². The summed E-state index contributed by atoms with van der Waals surface area (Å²) in [6, 6.07) is 3.71. The predicted molar refractivity (Wildman–Crippen MR) is 73.8 cm³/mol. The average Bonchev–Trinajstić information content (AvgIpc) is 2.69. The van der Waals surface area contributed by atoms with Crippen molar-refractivity contribution >= 4 is 17.4 Å². The standard InChI is InChI=1S/C13H14ClN3O2/c1-7-5-9-13(19-4-3-18-9)12(14)11(7)8-6-10(15)17(2)16-8/h5-6H,3-4,15H2,1-2H3. The predicted octanol–water partition coefficient (Wildman–Crippen LogP) is 2.40. The topological polar surface area (TPSA) is 62.3 Å². The van der Waals surface area contributed by atoms with Crippen molar-refractivity contribution in [3.8, 4) is 22.8 Å². The van der Waals surface area contributed by atoms with E-state index in [-0.39, 0.29) is 0 Å². The summed E-state index contributed by atoms with van der Waals surface area (Å²) in [5.41, 5.74) is 8.36. The van der Waals surface area contributed by atoms with E-state index in [4.69, 9.17) is 26.8 Å². The van der Waals surface area contributed by atoms with Crippen molar-refractivity contribution in [3.05, 3.63) is 22.7 Å². The summed E-state index contributed by atoms with van der Waals surface area (Å²) >= 11 is 6.43. The molecule has 0 saturated heterocycles. The van der Waals surface area contributed by atoms with Crippen LogP contribution in [0.2, 0.25) is 5.02 Å². The maximum atomic E-state index is 6.43. The fourth-order valence-corrected chi connectivity index (χ4v) is 2.58. The number of nitrogen functional groups attached to an aromatic ring is 1. The van der Waals surface area contributed by atoms with Gasteiger partial charge in [0.2, 0.25) is 0 Å². The van der Waals surface area contributed by atoms with Crippen LogP contribution >= 0.6 is 11.6 Å². The van der Waals surface area contributed by atoms with Crippen molar-refractivity contribution in [2.24, 2.45) is 7.05 Å². The summed E-state index contributed by atoms with van der Waals surface area (Å²) < 4.78 is 12.7. The number of halogens is 1. The molecule has 2 aromatic rings. The van der Waals surface area contributed by atoms with Gasteiger partial charge in [-0.05, 0) is 18.6 Å². The summed E-state index contributed by atoms with van der Waals surface area (Å²) in [6.07, 6.45) is 0. The highest BCUT2D eigenvalue weighted by Gasteiger charge is 2.22. The number of nitrogens with two attached hydrogens (primary N) is 1. The average molecular weight is 280 g/mol. The Morgan fingerprint density at radius 1 is 1.32 bits per heavy atom. The second kappa shape index (κ2) is 4.35. The lowest BCUT2D eigenvalue weighted by Gasteiger charge is -2.21. The number of aryl methyl sites for hydroxylation is 2. The molecule has 0 atom stereocenters. The molecule has 5 nitrogen and oxygen atoms in total. The Bertz CT molecular complexity index is 632. The van der Waals surface area contributed by atoms with E-state index in [9.17, 15) is 0 Å². The highest BCUT2D eigenvalue weighted by molar-refractivity contribution is 6.35. The molecule has 0 spiro atoms. The van der Waals surface area contributed by atoms with E-state index in [1.807, 2.05) is 13.0 Å². The summed E-state index contributed by atoms with van der Waals surface area (Å²) in [5.74, 6) is 1.85. The Morgan fingerprint density at radius 2 is 2.05 bits per heavy atom. The fraction of sp³-hybridized carbons (Fsp3) is 0.308. The zero-order valence-corrected chi connectivity index (χ0v) is 11.5. The van der Waals surface area contributed by atoms with Crippen LogP contribution in [0.5, 0.6) is 11.5 Å². The SMILES string of the molecule is Cc1cc2c(c(Cl)c1-c1cc(N)n(C)n1)OCCO2. The summed E-state index contributed by atoms with van der Waals surface area (Å²) in [5, 5.41) is 4.88. The molecule has 0 unspecified atom stereocenters. The first-order chi connectivity index (χ1) is 9.08. The number of nitrogens with zero attached hydrogens (tertiary/aromatic N) is 2. The van der Waals surface area contributed by atoms with Crippen LogP contribution < -0.4 is 15.2 Å². The molecular formula is C13H14ClN3O2. The minimum Gasteiger partial charge on any atom is -0.486 e. The van der Waals surface area contributed by atoms with E-state index in [1.165, 1.54) is 0 Å². The molecule has 1 aliphatic rings. The second-order valence-corrected chi connectivity index (χ2v) is 4.86. The minimum atomic E-state index is 0.500. The highest BCUT2D eigenvalue weighted by Crippen LogP contribution is 2.45. The minimum absolute atomic E-state index is 0.500. The van der Waals surface area contributed by atoms with Gasteiger partial charge in [0.15, 0.2) is 11.5 Å². The molecule has 0 saturated carbocycles. The van der Waals surface area contributed by atoms with Crippen molar-refractivity contribution in [1.82, 2.24) is 9.78 Å². The lowest BCUT2D eigenvalue weighted by Crippen LogP contribution is -2.16. The molecule has 0 bridgehead atoms. The van der Waals surface area contributed by atoms with Crippen molar-refractivity contribution < 1.29 is 9.47 Å². The number of anilines is 1. The third kappa shape index (κ3) is 1.90. The number of ether oxygens (including phenoxy) is 2. The van der Waals surface area contributed by atoms with E-state index >= 15 is 0 Å². The molecular weight excluding hydrogens is 266 g/mol. The Labute approximate surface area is 115 Å². The van der Waals surface area contributed by atoms with Crippen LogP contribution in [0, 0.1) is 6.92 Å². The molecule has 1 aromatic carbocycles. The van der Waals surface area contributed by atoms with E-state index in [2.05, 4.69) is 5.10 Å². The summed E-state index contributed by atoms with van der Waals surface area (Å²) in [7, 11) is 1.79. The molecule has 0 fully saturated rings. The Balaban J connectivity index is 2.21. The zero-order chi connectivity index (χ0) is 13.6. The van der Waals surface area contributed by atoms with Gasteiger partial charge in [-0.15, -0.1) is 0 Å². The van der Waals surface area contributed by atoms with Gasteiger partial charge in [0.1, 0.15) is 19.0 Å². The first-order valence-electron chi connectivity index (χ1n) is 5.96. The van der Waals surface area contributed by atoms with Gasteiger partial charge in [0.25, 0.3) is 0 Å². The number of rotatable bonds is 1. The van der Waals surface area contributed by atoms with Crippen molar-refractivity contribution in [1.29, 1.82) is 0 Å². The molecule has 19 heavy (non-hydrogen) atoms. The van der Waals surface area contributed by atoms with Crippen molar-refractivity contribution in [2.75, 3.05) is 18.9 Å². The molecule has 1 aliphatic heterocycles. The Morgan fingerprint density at radius 3 is 2.74 bits per heavy atom. The third-order valence-electron chi connectivity index (χ3n) is 3.14. The monoisotopic (exact) mass is 279 g/mol. The van der Waals surface area contributed by atoms with Gasteiger partial charge in [0, 0.05) is 18.7 Å². The molecule has 2 N–H and O–H groups in total. The number of aromatic nitrogens is 2. The molecule has 0 aliphatic carbocycles. The van der Waals surface area contributed by atoms with E-state index in [1.54, 1.807) is 17.8 Å². The Kier molecular flexibility index (Phi) is 2.78. The molecule has 6 heteroatoms. The van der Waals surface area contributed by atoms with Gasteiger partial charge in [-0.3, -0.25) is 4.68 Å². The Hall–Kier alpha value is -1.88. The summed E-state index contributed by atoms with van der Waals surface area (Å²) in [6.45, 7) is 3.00. The molecule has 0 amide bonds. The number of hydrogen-bond acceptors (Lipinski definition) is 4. The van der Waals surface area contributed by atoms with Gasteiger partial charge in [-0.25, -0.2) is 0 Å². The quantitative estimate of drug-likeness (QED) is 0.871. The lowest BCUT2D eigenvalue weighted by atomic mass is 10.0. The van der Waals surface area contributed by atoms with Crippen molar-refractivity contribution in [2.45, 2.75) is 6.92 Å². The molecule has 0 radical (unpaired) electrons. The zero-order valence-electron chi connectivity index (χ0n) is 10.7. The normalized spacial score (nSPS) is 13.6. The molecule has 1 aromatic heterocycles. The molecule has 100 valence electrons. The maximum Gasteiger partial charge on any atom is 0.180 e. The second-order valence-electron chi connectivity index (χ2n) is 4.48. The molecule has 3 rings (SSSR count). The first-order valence-corrected chi connectivity index (χ1v) is 6.34. The summed E-state index contributed by atoms with van der Waals surface area (Å²) in [4.78, 5) is 0. The maximum absolute atomic E-state index is 6.43. The van der Waals surface area contributed by atoms with Crippen LogP contribution in [0.4, 0.5) is 5.82 Å². The number of hydrogen-bond donors (Lipinski definition) is 1. The first kappa shape index (κ1) is 12.2. The smallest absolute Gasteiger partial charge is 0.180 e. The van der Waals surface area contributed by atoms with Crippen molar-refractivity contribution in [3.63, 3.8) is 0 Å². The lowest BCUT2D eigenvalue weighted by molar-refractivity contribution is 0.171. The number of fused-ring (bicyclic) bond motifs is 1. The largest absolute Gasteiger partial charge is 0.486 e. The van der Waals surface area contributed by atoms with Crippen LogP contribution in [-0.4, -0.2) is 23.0 Å². The van der Waals surface area contributed by atoms with Crippen LogP contribution in [0.3, 0.4) is 0 Å². The van der Waals surface area contributed by atoms with Gasteiger partial charge in [0.05, 0.1) is 10.7 Å². The molecule has 2 heterocycles. The van der Waals surface area contributed by atoms with Gasteiger partial charge < -0.3 is 15.2 Å². The van der Waals surface area contributed by atoms with E-state index in [0.717, 1.165) is 16.8 Å². The highest BCUT2D eigenvalue weighted by atomic mass is 35.5. The van der Waals surface area contributed by atoms with Crippen LogP contribution in [0.25, 0.3) is 11.3 Å². The third-order valence-corrected chi connectivity index (χ3v) is 3.50. The van der Waals surface area contributed by atoms with Gasteiger partial charge in [-0.1, -0.05) is 11.6 Å². The van der Waals surface area contributed by atoms with Gasteiger partial charge in [-0.2, -0.15) is 5.10 Å². The van der Waals surface area contributed by atoms with Gasteiger partial charge >= 0.3 is 0 Å². The number of benzene rings is 1. The van der Waals surface area contributed by atoms with Crippen LogP contribution in [-0.2, 0) is 7.05 Å². The fourth-order valence-electron chi connectivity index (χ4n) is 2.18. The van der Waals surface area contributed by atoms with E-state index < -0.39 is 0 Å². The van der Waals surface area contributed by atoms with Crippen LogP contribution in [0.1, 0.15) is 5.56 Å².